The molecule has 0 amide bonds. The van der Waals surface area contributed by atoms with Crippen molar-refractivity contribution in [2.75, 3.05) is 5.73 Å². The van der Waals surface area contributed by atoms with Gasteiger partial charge in [-0.15, -0.1) is 5.10 Å². The molecule has 1 aliphatic heterocycles. The SMILES string of the molecule is Cn1nc(-c2ccc3c(c2)CNC3)nc1N. The summed E-state index contributed by atoms with van der Waals surface area (Å²) in [6, 6.07) is 6.29. The fourth-order valence-corrected chi connectivity index (χ4v) is 1.95. The molecule has 2 heterocycles. The number of anilines is 1. The molecular formula is C11H13N5. The number of hydrogen-bond acceptors (Lipinski definition) is 4. The topological polar surface area (TPSA) is 68.8 Å². The van der Waals surface area contributed by atoms with E-state index in [9.17, 15) is 0 Å². The lowest BCUT2D eigenvalue weighted by molar-refractivity contribution is 0.765. The van der Waals surface area contributed by atoms with Gasteiger partial charge in [-0.05, 0) is 17.2 Å². The predicted octanol–water partition coefficient (Wildman–Crippen LogP) is 0.667. The van der Waals surface area contributed by atoms with Crippen LogP contribution in [0.4, 0.5) is 5.95 Å². The molecule has 5 nitrogen and oxygen atoms in total. The molecule has 0 radical (unpaired) electrons. The molecule has 0 unspecified atom stereocenters. The number of fused-ring (bicyclic) bond motifs is 1. The first-order valence-electron chi connectivity index (χ1n) is 5.23. The van der Waals surface area contributed by atoms with Crippen LogP contribution in [0.15, 0.2) is 18.2 Å². The van der Waals surface area contributed by atoms with Gasteiger partial charge in [0.05, 0.1) is 0 Å². The summed E-state index contributed by atoms with van der Waals surface area (Å²) in [6.07, 6.45) is 0. The zero-order valence-corrected chi connectivity index (χ0v) is 9.07. The van der Waals surface area contributed by atoms with Crippen molar-refractivity contribution in [3.63, 3.8) is 0 Å². The molecule has 0 spiro atoms. The lowest BCUT2D eigenvalue weighted by Gasteiger charge is -1.99. The molecule has 1 aromatic carbocycles. The molecular weight excluding hydrogens is 202 g/mol. The molecule has 2 aromatic rings. The maximum absolute atomic E-state index is 5.67. The van der Waals surface area contributed by atoms with Crippen LogP contribution in [0.25, 0.3) is 11.4 Å². The van der Waals surface area contributed by atoms with Crippen LogP contribution in [-0.2, 0) is 20.1 Å². The molecule has 0 bridgehead atoms. The fraction of sp³-hybridized carbons (Fsp3) is 0.273. The molecule has 82 valence electrons. The summed E-state index contributed by atoms with van der Waals surface area (Å²) in [6.45, 7) is 1.87. The second-order valence-corrected chi connectivity index (χ2v) is 4.00. The normalized spacial score (nSPS) is 14.1. The van der Waals surface area contributed by atoms with E-state index >= 15 is 0 Å². The average Bonchev–Trinajstić information content (AvgIpc) is 2.85. The highest BCUT2D eigenvalue weighted by Crippen LogP contribution is 2.23. The van der Waals surface area contributed by atoms with Crippen molar-refractivity contribution in [2.24, 2.45) is 7.05 Å². The van der Waals surface area contributed by atoms with Gasteiger partial charge in [0, 0.05) is 25.7 Å². The van der Waals surface area contributed by atoms with Crippen LogP contribution in [0, 0.1) is 0 Å². The lowest BCUT2D eigenvalue weighted by Crippen LogP contribution is -1.99. The van der Waals surface area contributed by atoms with Crippen LogP contribution in [-0.4, -0.2) is 14.8 Å². The summed E-state index contributed by atoms with van der Waals surface area (Å²) in [5.74, 6) is 1.13. The molecule has 3 rings (SSSR count). The number of nitrogens with zero attached hydrogens (tertiary/aromatic N) is 3. The van der Waals surface area contributed by atoms with Gasteiger partial charge in [0.2, 0.25) is 5.95 Å². The number of rotatable bonds is 1. The Morgan fingerprint density at radius 2 is 2.12 bits per heavy atom. The van der Waals surface area contributed by atoms with Crippen LogP contribution in [0.3, 0.4) is 0 Å². The number of nitrogen functional groups attached to an aromatic ring is 1. The molecule has 0 saturated heterocycles. The number of hydrogen-bond donors (Lipinski definition) is 2. The standard InChI is InChI=1S/C11H13N5/c1-16-11(12)14-10(15-16)7-2-3-8-5-13-6-9(8)4-7/h2-4,13H,5-6H2,1H3,(H2,12,14,15). The summed E-state index contributed by atoms with van der Waals surface area (Å²) in [7, 11) is 1.79. The van der Waals surface area contributed by atoms with Crippen molar-refractivity contribution in [1.29, 1.82) is 0 Å². The Morgan fingerprint density at radius 1 is 1.31 bits per heavy atom. The third-order valence-corrected chi connectivity index (χ3v) is 2.89. The van der Waals surface area contributed by atoms with Gasteiger partial charge in [-0.2, -0.15) is 4.98 Å². The minimum absolute atomic E-state index is 0.439. The molecule has 1 aromatic heterocycles. The van der Waals surface area contributed by atoms with Crippen molar-refractivity contribution >= 4 is 5.95 Å². The number of nitrogens with one attached hydrogen (secondary N) is 1. The van der Waals surface area contributed by atoms with Gasteiger partial charge in [0.1, 0.15) is 0 Å². The van der Waals surface area contributed by atoms with E-state index in [0.29, 0.717) is 11.8 Å². The molecule has 16 heavy (non-hydrogen) atoms. The fourth-order valence-electron chi connectivity index (χ4n) is 1.95. The van der Waals surface area contributed by atoms with Crippen LogP contribution in [0.5, 0.6) is 0 Å². The maximum atomic E-state index is 5.67. The van der Waals surface area contributed by atoms with Crippen molar-refractivity contribution in [3.05, 3.63) is 29.3 Å². The smallest absolute Gasteiger partial charge is 0.218 e. The summed E-state index contributed by atoms with van der Waals surface area (Å²) < 4.78 is 1.58. The first-order valence-corrected chi connectivity index (χ1v) is 5.23. The molecule has 0 saturated carbocycles. The molecule has 0 atom stereocenters. The van der Waals surface area contributed by atoms with Gasteiger partial charge in [0.15, 0.2) is 5.82 Å². The first kappa shape index (κ1) is 9.35. The van der Waals surface area contributed by atoms with Gasteiger partial charge in [0.25, 0.3) is 0 Å². The van der Waals surface area contributed by atoms with E-state index in [1.54, 1.807) is 11.7 Å². The Labute approximate surface area is 93.3 Å². The highest BCUT2D eigenvalue weighted by Gasteiger charge is 2.13. The largest absolute Gasteiger partial charge is 0.368 e. The Morgan fingerprint density at radius 3 is 2.88 bits per heavy atom. The zero-order valence-electron chi connectivity index (χ0n) is 9.07. The quantitative estimate of drug-likeness (QED) is 0.733. The van der Waals surface area contributed by atoms with Gasteiger partial charge in [-0.1, -0.05) is 12.1 Å². The maximum Gasteiger partial charge on any atom is 0.218 e. The summed E-state index contributed by atoms with van der Waals surface area (Å²) >= 11 is 0. The van der Waals surface area contributed by atoms with E-state index in [4.69, 9.17) is 5.73 Å². The Balaban J connectivity index is 2.07. The van der Waals surface area contributed by atoms with Gasteiger partial charge >= 0.3 is 0 Å². The van der Waals surface area contributed by atoms with E-state index in [2.05, 4.69) is 27.5 Å². The van der Waals surface area contributed by atoms with E-state index in [1.165, 1.54) is 11.1 Å². The summed E-state index contributed by atoms with van der Waals surface area (Å²) in [5, 5.41) is 7.58. The van der Waals surface area contributed by atoms with Gasteiger partial charge in [-0.25, -0.2) is 4.68 Å². The van der Waals surface area contributed by atoms with Crippen molar-refractivity contribution in [1.82, 2.24) is 20.1 Å². The number of nitrogens with two attached hydrogens (primary N) is 1. The molecule has 1 aliphatic rings. The van der Waals surface area contributed by atoms with E-state index in [1.807, 2.05) is 6.07 Å². The number of aryl methyl sites for hydroxylation is 1. The Hall–Kier alpha value is -1.88. The third-order valence-electron chi connectivity index (χ3n) is 2.89. The lowest BCUT2D eigenvalue weighted by atomic mass is 10.1. The third kappa shape index (κ3) is 1.37. The zero-order chi connectivity index (χ0) is 11.1. The van der Waals surface area contributed by atoms with Crippen molar-refractivity contribution < 1.29 is 0 Å². The minimum atomic E-state index is 0.439. The number of benzene rings is 1. The van der Waals surface area contributed by atoms with Crippen LogP contribution in [0.1, 0.15) is 11.1 Å². The summed E-state index contributed by atoms with van der Waals surface area (Å²) in [5.41, 5.74) is 9.37. The molecule has 3 N–H and O–H groups in total. The van der Waals surface area contributed by atoms with Gasteiger partial charge in [-0.3, -0.25) is 0 Å². The molecule has 0 fully saturated rings. The van der Waals surface area contributed by atoms with E-state index < -0.39 is 0 Å². The van der Waals surface area contributed by atoms with E-state index in [0.717, 1.165) is 18.7 Å². The first-order chi connectivity index (χ1) is 7.74. The van der Waals surface area contributed by atoms with Gasteiger partial charge < -0.3 is 11.1 Å². The predicted molar refractivity (Wildman–Crippen MR) is 61.4 cm³/mol. The monoisotopic (exact) mass is 215 g/mol. The second-order valence-electron chi connectivity index (χ2n) is 4.00. The Bertz CT molecular complexity index is 524. The minimum Gasteiger partial charge on any atom is -0.368 e. The van der Waals surface area contributed by atoms with E-state index in [-0.39, 0.29) is 0 Å². The van der Waals surface area contributed by atoms with Crippen LogP contribution >= 0.6 is 0 Å². The second kappa shape index (κ2) is 3.31. The summed E-state index contributed by atoms with van der Waals surface area (Å²) in [4.78, 5) is 4.22. The highest BCUT2D eigenvalue weighted by molar-refractivity contribution is 5.58. The van der Waals surface area contributed by atoms with Crippen LogP contribution < -0.4 is 11.1 Å². The average molecular weight is 215 g/mol. The molecule has 0 aliphatic carbocycles. The van der Waals surface area contributed by atoms with Crippen molar-refractivity contribution in [3.8, 4) is 11.4 Å². The van der Waals surface area contributed by atoms with Crippen LogP contribution in [0.2, 0.25) is 0 Å². The number of aromatic nitrogens is 3. The Kier molecular flexibility index (Phi) is 1.94. The van der Waals surface area contributed by atoms with Crippen molar-refractivity contribution in [2.45, 2.75) is 13.1 Å². The highest BCUT2D eigenvalue weighted by atomic mass is 15.4. The molecule has 5 heteroatoms.